The van der Waals surface area contributed by atoms with E-state index in [2.05, 4.69) is 0 Å². The molecule has 3 aromatic rings. The van der Waals surface area contributed by atoms with Gasteiger partial charge in [0.15, 0.2) is 0 Å². The van der Waals surface area contributed by atoms with E-state index < -0.39 is 17.7 Å². The van der Waals surface area contributed by atoms with Crippen molar-refractivity contribution in [3.05, 3.63) is 87.8 Å². The summed E-state index contributed by atoms with van der Waals surface area (Å²) in [5.41, 5.74) is 2.67. The zero-order valence-corrected chi connectivity index (χ0v) is 17.9. The van der Waals surface area contributed by atoms with Gasteiger partial charge in [0.25, 0.3) is 11.7 Å². The van der Waals surface area contributed by atoms with Gasteiger partial charge in [-0.15, -0.1) is 0 Å². The van der Waals surface area contributed by atoms with Crippen molar-refractivity contribution >= 4 is 34.7 Å². The number of hydrogen-bond donors (Lipinski definition) is 1. The summed E-state index contributed by atoms with van der Waals surface area (Å²) in [4.78, 5) is 27.6. The van der Waals surface area contributed by atoms with Crippen molar-refractivity contribution in [1.29, 1.82) is 0 Å². The third-order valence-corrected chi connectivity index (χ3v) is 5.48. The molecule has 2 heterocycles. The third-order valence-electron chi connectivity index (χ3n) is 5.17. The summed E-state index contributed by atoms with van der Waals surface area (Å²) >= 11 is 6.09. The molecule has 2 aromatic carbocycles. The number of nitrogens with zero attached hydrogens (tertiary/aromatic N) is 1. The SMILES string of the molecule is COc1cc(/C(O)=C2/C(=O)C(=O)N(c3cc(C)cc(C)c3)C2c2ccco2)ccc1Cl. The number of hydrogen-bond acceptors (Lipinski definition) is 5. The number of anilines is 1. The Hall–Kier alpha value is -3.51. The largest absolute Gasteiger partial charge is 0.507 e. The molecule has 0 spiro atoms. The summed E-state index contributed by atoms with van der Waals surface area (Å²) < 4.78 is 10.8. The molecule has 0 aliphatic carbocycles. The van der Waals surface area contributed by atoms with Crippen LogP contribution in [-0.4, -0.2) is 23.9 Å². The number of amides is 1. The van der Waals surface area contributed by atoms with Crippen LogP contribution >= 0.6 is 11.6 Å². The molecule has 1 unspecified atom stereocenters. The lowest BCUT2D eigenvalue weighted by Gasteiger charge is -2.24. The maximum Gasteiger partial charge on any atom is 0.300 e. The summed E-state index contributed by atoms with van der Waals surface area (Å²) in [7, 11) is 1.45. The molecule has 1 aliphatic rings. The molecule has 6 nitrogen and oxygen atoms in total. The minimum Gasteiger partial charge on any atom is -0.507 e. The fraction of sp³-hybridized carbons (Fsp3) is 0.167. The van der Waals surface area contributed by atoms with Gasteiger partial charge in [-0.3, -0.25) is 14.5 Å². The van der Waals surface area contributed by atoms with Gasteiger partial charge in [0, 0.05) is 11.3 Å². The number of methoxy groups -OCH3 is 1. The summed E-state index contributed by atoms with van der Waals surface area (Å²) in [6, 6.07) is 12.7. The molecule has 1 N–H and O–H groups in total. The number of ketones is 1. The van der Waals surface area contributed by atoms with Crippen molar-refractivity contribution in [2.45, 2.75) is 19.9 Å². The molecule has 158 valence electrons. The Morgan fingerprint density at radius 3 is 2.42 bits per heavy atom. The Balaban J connectivity index is 1.94. The number of aliphatic hydroxyl groups excluding tert-OH is 1. The molecular weight excluding hydrogens is 418 g/mol. The number of carbonyl (C=O) groups is 2. The Bertz CT molecular complexity index is 1190. The summed E-state index contributed by atoms with van der Waals surface area (Å²) in [6.07, 6.45) is 1.46. The Morgan fingerprint density at radius 2 is 1.81 bits per heavy atom. The first kappa shape index (κ1) is 20.8. The third kappa shape index (κ3) is 3.59. The molecular formula is C24H20ClNO5. The number of carbonyl (C=O) groups excluding carboxylic acids is 2. The van der Waals surface area contributed by atoms with E-state index in [-0.39, 0.29) is 11.3 Å². The van der Waals surface area contributed by atoms with Crippen LogP contribution in [0.15, 0.2) is 64.8 Å². The first-order chi connectivity index (χ1) is 14.8. The first-order valence-electron chi connectivity index (χ1n) is 9.58. The van der Waals surface area contributed by atoms with Crippen molar-refractivity contribution in [3.8, 4) is 5.75 Å². The van der Waals surface area contributed by atoms with Gasteiger partial charge in [-0.25, -0.2) is 0 Å². The van der Waals surface area contributed by atoms with Crippen molar-refractivity contribution in [2.75, 3.05) is 12.0 Å². The smallest absolute Gasteiger partial charge is 0.300 e. The highest BCUT2D eigenvalue weighted by molar-refractivity contribution is 6.51. The van der Waals surface area contributed by atoms with Gasteiger partial charge in [-0.1, -0.05) is 17.7 Å². The van der Waals surface area contributed by atoms with Crippen molar-refractivity contribution in [3.63, 3.8) is 0 Å². The molecule has 0 bridgehead atoms. The minimum absolute atomic E-state index is 0.0662. The number of halogens is 1. The molecule has 7 heteroatoms. The zero-order chi connectivity index (χ0) is 22.3. The summed E-state index contributed by atoms with van der Waals surface area (Å²) in [5, 5.41) is 11.5. The van der Waals surface area contributed by atoms with Gasteiger partial charge >= 0.3 is 0 Å². The fourth-order valence-electron chi connectivity index (χ4n) is 3.87. The highest BCUT2D eigenvalue weighted by atomic mass is 35.5. The van der Waals surface area contributed by atoms with E-state index in [4.69, 9.17) is 20.8 Å². The van der Waals surface area contributed by atoms with E-state index in [0.29, 0.717) is 27.8 Å². The second-order valence-corrected chi connectivity index (χ2v) is 7.79. The molecule has 1 aliphatic heterocycles. The highest BCUT2D eigenvalue weighted by Gasteiger charge is 2.48. The molecule has 0 radical (unpaired) electrons. The molecule has 1 aromatic heterocycles. The van der Waals surface area contributed by atoms with Crippen LogP contribution < -0.4 is 9.64 Å². The lowest BCUT2D eigenvalue weighted by molar-refractivity contribution is -0.132. The first-order valence-corrected chi connectivity index (χ1v) is 9.96. The maximum atomic E-state index is 13.1. The van der Waals surface area contributed by atoms with Gasteiger partial charge in [0.05, 0.1) is 24.0 Å². The number of rotatable bonds is 4. The van der Waals surface area contributed by atoms with Crippen LogP contribution in [0, 0.1) is 13.8 Å². The maximum absolute atomic E-state index is 13.1. The van der Waals surface area contributed by atoms with Crippen molar-refractivity contribution in [2.24, 2.45) is 0 Å². The standard InChI is InChI=1S/C24H20ClNO5/c1-13-9-14(2)11-16(10-13)26-21(18-5-4-8-31-18)20(23(28)24(26)29)22(27)15-6-7-17(25)19(12-15)30-3/h4-12,21,27H,1-3H3/b22-20-. The predicted octanol–water partition coefficient (Wildman–Crippen LogP) is 5.18. The van der Waals surface area contributed by atoms with Gasteiger partial charge in [0.1, 0.15) is 23.3 Å². The van der Waals surface area contributed by atoms with E-state index in [1.807, 2.05) is 32.0 Å². The Kier molecular flexibility index (Phi) is 5.33. The molecule has 0 saturated carbocycles. The fourth-order valence-corrected chi connectivity index (χ4v) is 4.06. The van der Waals surface area contributed by atoms with E-state index in [1.165, 1.54) is 24.3 Å². The summed E-state index contributed by atoms with van der Waals surface area (Å²) in [5.74, 6) is -1.17. The van der Waals surface area contributed by atoms with Crippen molar-refractivity contribution < 1.29 is 23.8 Å². The zero-order valence-electron chi connectivity index (χ0n) is 17.2. The molecule has 31 heavy (non-hydrogen) atoms. The Morgan fingerprint density at radius 1 is 1.10 bits per heavy atom. The highest BCUT2D eigenvalue weighted by Crippen LogP contribution is 2.43. The average Bonchev–Trinajstić information content (AvgIpc) is 3.34. The van der Waals surface area contributed by atoms with Crippen LogP contribution in [0.1, 0.15) is 28.5 Å². The minimum atomic E-state index is -0.919. The van der Waals surface area contributed by atoms with Crippen LogP contribution in [0.2, 0.25) is 5.02 Å². The molecule has 1 atom stereocenters. The number of ether oxygens (including phenoxy) is 1. The predicted molar refractivity (Wildman–Crippen MR) is 117 cm³/mol. The van der Waals surface area contributed by atoms with E-state index in [1.54, 1.807) is 24.3 Å². The second kappa shape index (κ2) is 7.96. The van der Waals surface area contributed by atoms with Crippen molar-refractivity contribution in [1.82, 2.24) is 0 Å². The molecule has 1 saturated heterocycles. The molecule has 4 rings (SSSR count). The molecule has 1 fully saturated rings. The quantitative estimate of drug-likeness (QED) is 0.345. The number of furan rings is 1. The van der Waals surface area contributed by atoms with Crippen LogP contribution in [-0.2, 0) is 9.59 Å². The summed E-state index contributed by atoms with van der Waals surface area (Å²) in [6.45, 7) is 3.82. The van der Waals surface area contributed by atoms with E-state index >= 15 is 0 Å². The van der Waals surface area contributed by atoms with Crippen LogP contribution in [0.4, 0.5) is 5.69 Å². The van der Waals surface area contributed by atoms with Crippen LogP contribution in [0.3, 0.4) is 0 Å². The van der Waals surface area contributed by atoms with Gasteiger partial charge in [-0.05, 0) is 67.4 Å². The topological polar surface area (TPSA) is 80.0 Å². The lowest BCUT2D eigenvalue weighted by Crippen LogP contribution is -2.29. The van der Waals surface area contributed by atoms with Gasteiger partial charge in [0.2, 0.25) is 0 Å². The molecule has 1 amide bonds. The van der Waals surface area contributed by atoms with E-state index in [0.717, 1.165) is 11.1 Å². The number of benzene rings is 2. The van der Waals surface area contributed by atoms with Gasteiger partial charge < -0.3 is 14.3 Å². The van der Waals surface area contributed by atoms with Crippen LogP contribution in [0.25, 0.3) is 5.76 Å². The van der Waals surface area contributed by atoms with Crippen LogP contribution in [0.5, 0.6) is 5.75 Å². The monoisotopic (exact) mass is 437 g/mol. The number of Topliss-reactive ketones (excluding diaryl/α,β-unsaturated/α-hetero) is 1. The number of aliphatic hydroxyl groups is 1. The van der Waals surface area contributed by atoms with Gasteiger partial charge in [-0.2, -0.15) is 0 Å². The average molecular weight is 438 g/mol. The lowest BCUT2D eigenvalue weighted by atomic mass is 9.99. The Labute approximate surface area is 184 Å². The van der Waals surface area contributed by atoms with E-state index in [9.17, 15) is 14.7 Å². The number of aryl methyl sites for hydroxylation is 2. The normalized spacial score (nSPS) is 17.9. The second-order valence-electron chi connectivity index (χ2n) is 7.38.